The molecule has 5 nitrogen and oxygen atoms in total. The molecule has 1 aromatic heterocycles. The zero-order valence-corrected chi connectivity index (χ0v) is 13.2. The second-order valence-electron chi connectivity index (χ2n) is 5.69. The van der Waals surface area contributed by atoms with Crippen LogP contribution in [0.4, 0.5) is 0 Å². The molecule has 0 radical (unpaired) electrons. The van der Waals surface area contributed by atoms with Gasteiger partial charge in [0.05, 0.1) is 12.6 Å². The number of nitrogens with one attached hydrogen (secondary N) is 2. The van der Waals surface area contributed by atoms with Crippen molar-refractivity contribution in [3.63, 3.8) is 0 Å². The topological polar surface area (TPSA) is 58.5 Å². The van der Waals surface area contributed by atoms with Gasteiger partial charge < -0.3 is 15.4 Å². The van der Waals surface area contributed by atoms with Gasteiger partial charge in [0.25, 0.3) is 0 Å². The minimum atomic E-state index is 0.147. The molecule has 0 amide bonds. The summed E-state index contributed by atoms with van der Waals surface area (Å²) in [6.45, 7) is 8.58. The molecule has 0 bridgehead atoms. The van der Waals surface area contributed by atoms with Crippen LogP contribution in [-0.4, -0.2) is 30.1 Å². The van der Waals surface area contributed by atoms with E-state index in [9.17, 15) is 0 Å². The zero-order valence-electron chi connectivity index (χ0n) is 13.2. The van der Waals surface area contributed by atoms with Crippen molar-refractivity contribution in [1.82, 2.24) is 15.6 Å². The maximum absolute atomic E-state index is 5.53. The van der Waals surface area contributed by atoms with Crippen LogP contribution in [0.3, 0.4) is 0 Å². The molecule has 1 aliphatic rings. The van der Waals surface area contributed by atoms with E-state index in [1.807, 2.05) is 32.2 Å². The van der Waals surface area contributed by atoms with E-state index in [1.165, 1.54) is 12.8 Å². The Morgan fingerprint density at radius 3 is 2.76 bits per heavy atom. The molecule has 0 aliphatic heterocycles. The number of guanidine groups is 1. The predicted molar refractivity (Wildman–Crippen MR) is 85.5 cm³/mol. The van der Waals surface area contributed by atoms with Crippen LogP contribution < -0.4 is 15.4 Å². The molecular weight excluding hydrogens is 264 g/mol. The molecule has 1 aliphatic carbocycles. The van der Waals surface area contributed by atoms with Crippen molar-refractivity contribution < 1.29 is 4.74 Å². The third kappa shape index (κ3) is 6.02. The summed E-state index contributed by atoms with van der Waals surface area (Å²) in [7, 11) is 0. The SMILES string of the molecule is CCNC(=NCc1ccc(OC(C)C)nc1)NCC1CC1. The lowest BCUT2D eigenvalue weighted by Crippen LogP contribution is -2.38. The first-order chi connectivity index (χ1) is 10.2. The number of hydrogen-bond acceptors (Lipinski definition) is 3. The van der Waals surface area contributed by atoms with Gasteiger partial charge in [0, 0.05) is 25.4 Å². The van der Waals surface area contributed by atoms with Gasteiger partial charge >= 0.3 is 0 Å². The fourth-order valence-corrected chi connectivity index (χ4v) is 1.89. The summed E-state index contributed by atoms with van der Waals surface area (Å²) in [6, 6.07) is 3.91. The van der Waals surface area contributed by atoms with Crippen LogP contribution in [0.25, 0.3) is 0 Å². The van der Waals surface area contributed by atoms with Crippen molar-refractivity contribution in [2.75, 3.05) is 13.1 Å². The Morgan fingerprint density at radius 1 is 1.38 bits per heavy atom. The molecule has 0 aromatic carbocycles. The van der Waals surface area contributed by atoms with E-state index in [-0.39, 0.29) is 6.10 Å². The smallest absolute Gasteiger partial charge is 0.213 e. The molecule has 0 spiro atoms. The number of rotatable bonds is 7. The van der Waals surface area contributed by atoms with E-state index in [1.54, 1.807) is 0 Å². The molecule has 5 heteroatoms. The Morgan fingerprint density at radius 2 is 2.19 bits per heavy atom. The Labute approximate surface area is 127 Å². The zero-order chi connectivity index (χ0) is 15.1. The van der Waals surface area contributed by atoms with Crippen LogP contribution >= 0.6 is 0 Å². The van der Waals surface area contributed by atoms with E-state index in [4.69, 9.17) is 4.74 Å². The lowest BCUT2D eigenvalue weighted by atomic mass is 10.3. The van der Waals surface area contributed by atoms with Crippen molar-refractivity contribution in [1.29, 1.82) is 0 Å². The summed E-state index contributed by atoms with van der Waals surface area (Å²) in [5, 5.41) is 6.65. The molecule has 0 saturated heterocycles. The van der Waals surface area contributed by atoms with Gasteiger partial charge in [-0.15, -0.1) is 0 Å². The summed E-state index contributed by atoms with van der Waals surface area (Å²) in [6.07, 6.45) is 4.65. The van der Waals surface area contributed by atoms with Gasteiger partial charge in [0.15, 0.2) is 5.96 Å². The van der Waals surface area contributed by atoms with Crippen LogP contribution in [-0.2, 0) is 6.54 Å². The van der Waals surface area contributed by atoms with Gasteiger partial charge in [-0.05, 0) is 45.1 Å². The summed E-state index contributed by atoms with van der Waals surface area (Å²) >= 11 is 0. The third-order valence-corrected chi connectivity index (χ3v) is 3.17. The minimum absolute atomic E-state index is 0.147. The van der Waals surface area contributed by atoms with Gasteiger partial charge in [-0.3, -0.25) is 0 Å². The fourth-order valence-electron chi connectivity index (χ4n) is 1.89. The van der Waals surface area contributed by atoms with Gasteiger partial charge in [-0.25, -0.2) is 9.98 Å². The maximum atomic E-state index is 5.53. The predicted octanol–water partition coefficient (Wildman–Crippen LogP) is 2.33. The Bertz CT molecular complexity index is 452. The van der Waals surface area contributed by atoms with Crippen LogP contribution in [0.1, 0.15) is 39.2 Å². The molecule has 1 aromatic rings. The number of aliphatic imine (C=N–C) groups is 1. The van der Waals surface area contributed by atoms with Gasteiger partial charge in [-0.2, -0.15) is 0 Å². The Balaban J connectivity index is 1.86. The third-order valence-electron chi connectivity index (χ3n) is 3.17. The van der Waals surface area contributed by atoms with Crippen molar-refractivity contribution >= 4 is 5.96 Å². The number of ether oxygens (including phenoxy) is 1. The van der Waals surface area contributed by atoms with Crippen LogP contribution in [0.5, 0.6) is 5.88 Å². The van der Waals surface area contributed by atoms with Gasteiger partial charge in [0.2, 0.25) is 5.88 Å². The van der Waals surface area contributed by atoms with Crippen LogP contribution in [0.2, 0.25) is 0 Å². The second-order valence-corrected chi connectivity index (χ2v) is 5.69. The van der Waals surface area contributed by atoms with E-state index < -0.39 is 0 Å². The molecule has 1 fully saturated rings. The highest BCUT2D eigenvalue weighted by molar-refractivity contribution is 5.79. The standard InChI is InChI=1S/C16H26N4O/c1-4-17-16(19-9-13-5-6-13)20-11-14-7-8-15(18-10-14)21-12(2)3/h7-8,10,12-13H,4-6,9,11H2,1-3H3,(H2,17,19,20). The highest BCUT2D eigenvalue weighted by atomic mass is 16.5. The summed E-state index contributed by atoms with van der Waals surface area (Å²) < 4.78 is 5.53. The number of nitrogens with zero attached hydrogens (tertiary/aromatic N) is 2. The molecule has 1 saturated carbocycles. The Kier molecular flexibility index (Phi) is 5.84. The van der Waals surface area contributed by atoms with Gasteiger partial charge in [0.1, 0.15) is 0 Å². The number of pyridine rings is 1. The fraction of sp³-hybridized carbons (Fsp3) is 0.625. The molecule has 116 valence electrons. The summed E-state index contributed by atoms with van der Waals surface area (Å²) in [5.41, 5.74) is 1.08. The largest absolute Gasteiger partial charge is 0.475 e. The van der Waals surface area contributed by atoms with Crippen molar-refractivity contribution in [3.8, 4) is 5.88 Å². The first kappa shape index (κ1) is 15.6. The minimum Gasteiger partial charge on any atom is -0.475 e. The molecule has 0 atom stereocenters. The maximum Gasteiger partial charge on any atom is 0.213 e. The van der Waals surface area contributed by atoms with Crippen molar-refractivity contribution in [2.45, 2.75) is 46.3 Å². The van der Waals surface area contributed by atoms with E-state index >= 15 is 0 Å². The molecule has 2 N–H and O–H groups in total. The molecule has 0 unspecified atom stereocenters. The molecule has 21 heavy (non-hydrogen) atoms. The lowest BCUT2D eigenvalue weighted by molar-refractivity contribution is 0.232. The quantitative estimate of drug-likeness (QED) is 0.598. The first-order valence-corrected chi connectivity index (χ1v) is 7.81. The average molecular weight is 290 g/mol. The van der Waals surface area contributed by atoms with Crippen LogP contribution in [0.15, 0.2) is 23.3 Å². The van der Waals surface area contributed by atoms with E-state index in [2.05, 4.69) is 27.5 Å². The Hall–Kier alpha value is -1.78. The second kappa shape index (κ2) is 7.86. The lowest BCUT2D eigenvalue weighted by Gasteiger charge is -2.11. The van der Waals surface area contributed by atoms with Gasteiger partial charge in [-0.1, -0.05) is 6.07 Å². The average Bonchev–Trinajstić information content (AvgIpc) is 3.27. The first-order valence-electron chi connectivity index (χ1n) is 7.81. The summed E-state index contributed by atoms with van der Waals surface area (Å²) in [5.74, 6) is 2.38. The van der Waals surface area contributed by atoms with E-state index in [0.29, 0.717) is 12.4 Å². The highest BCUT2D eigenvalue weighted by Crippen LogP contribution is 2.27. The van der Waals surface area contributed by atoms with Crippen LogP contribution in [0, 0.1) is 5.92 Å². The van der Waals surface area contributed by atoms with Crippen molar-refractivity contribution in [2.24, 2.45) is 10.9 Å². The highest BCUT2D eigenvalue weighted by Gasteiger charge is 2.20. The number of aromatic nitrogens is 1. The summed E-state index contributed by atoms with van der Waals surface area (Å²) in [4.78, 5) is 8.88. The number of hydrogen-bond donors (Lipinski definition) is 2. The molecular formula is C16H26N4O. The molecule has 1 heterocycles. The molecule has 2 rings (SSSR count). The normalized spacial score (nSPS) is 15.1. The van der Waals surface area contributed by atoms with Crippen molar-refractivity contribution in [3.05, 3.63) is 23.9 Å². The van der Waals surface area contributed by atoms with E-state index in [0.717, 1.165) is 30.5 Å². The monoisotopic (exact) mass is 290 g/mol.